The minimum Gasteiger partial charge on any atom is -0.399 e. The number of rotatable bonds is 1. The van der Waals surface area contributed by atoms with Crippen molar-refractivity contribution < 1.29 is 0 Å². The molecular formula is C14H22N2. The SMILES string of the molecule is Cc1cc(N2C[C@@H](C)C[C@H](C)C2)ccc1N. The summed E-state index contributed by atoms with van der Waals surface area (Å²) < 4.78 is 0. The van der Waals surface area contributed by atoms with Crippen molar-refractivity contribution in [3.8, 4) is 0 Å². The van der Waals surface area contributed by atoms with Crippen molar-refractivity contribution in [2.45, 2.75) is 27.2 Å². The molecule has 88 valence electrons. The van der Waals surface area contributed by atoms with Gasteiger partial charge in [-0.25, -0.2) is 0 Å². The van der Waals surface area contributed by atoms with Gasteiger partial charge in [0.25, 0.3) is 0 Å². The molecule has 16 heavy (non-hydrogen) atoms. The summed E-state index contributed by atoms with van der Waals surface area (Å²) in [5, 5.41) is 0. The van der Waals surface area contributed by atoms with Crippen LogP contribution in [0.2, 0.25) is 0 Å². The maximum absolute atomic E-state index is 5.85. The number of hydrogen-bond acceptors (Lipinski definition) is 2. The summed E-state index contributed by atoms with van der Waals surface area (Å²) in [4.78, 5) is 2.49. The largest absolute Gasteiger partial charge is 0.399 e. The van der Waals surface area contributed by atoms with Crippen LogP contribution in [0, 0.1) is 18.8 Å². The van der Waals surface area contributed by atoms with E-state index in [9.17, 15) is 0 Å². The molecular weight excluding hydrogens is 196 g/mol. The van der Waals surface area contributed by atoms with Crippen LogP contribution in [0.25, 0.3) is 0 Å². The first-order valence-corrected chi connectivity index (χ1v) is 6.17. The van der Waals surface area contributed by atoms with Gasteiger partial charge >= 0.3 is 0 Å². The summed E-state index contributed by atoms with van der Waals surface area (Å²) in [6.07, 6.45) is 1.35. The Morgan fingerprint density at radius 2 is 1.81 bits per heavy atom. The maximum atomic E-state index is 5.85. The molecule has 0 radical (unpaired) electrons. The van der Waals surface area contributed by atoms with Gasteiger partial charge in [-0.2, -0.15) is 0 Å². The predicted molar refractivity (Wildman–Crippen MR) is 70.7 cm³/mol. The molecule has 1 aromatic rings. The van der Waals surface area contributed by atoms with Crippen LogP contribution in [0.3, 0.4) is 0 Å². The fraction of sp³-hybridized carbons (Fsp3) is 0.571. The number of anilines is 2. The highest BCUT2D eigenvalue weighted by atomic mass is 15.1. The molecule has 0 aliphatic carbocycles. The van der Waals surface area contributed by atoms with Crippen molar-refractivity contribution in [3.63, 3.8) is 0 Å². The van der Waals surface area contributed by atoms with E-state index in [1.807, 2.05) is 6.07 Å². The maximum Gasteiger partial charge on any atom is 0.0370 e. The number of aryl methyl sites for hydroxylation is 1. The normalized spacial score (nSPS) is 25.8. The quantitative estimate of drug-likeness (QED) is 0.734. The number of nitrogens with two attached hydrogens (primary N) is 1. The first-order chi connectivity index (χ1) is 7.56. The van der Waals surface area contributed by atoms with E-state index in [1.54, 1.807) is 0 Å². The van der Waals surface area contributed by atoms with E-state index in [0.717, 1.165) is 17.5 Å². The predicted octanol–water partition coefficient (Wildman–Crippen LogP) is 3.06. The highest BCUT2D eigenvalue weighted by Crippen LogP contribution is 2.28. The summed E-state index contributed by atoms with van der Waals surface area (Å²) in [7, 11) is 0. The molecule has 1 aromatic carbocycles. The molecule has 0 aromatic heterocycles. The van der Waals surface area contributed by atoms with Crippen LogP contribution in [0.4, 0.5) is 11.4 Å². The van der Waals surface area contributed by atoms with Gasteiger partial charge in [-0.15, -0.1) is 0 Å². The van der Waals surface area contributed by atoms with Crippen molar-refractivity contribution in [1.82, 2.24) is 0 Å². The van der Waals surface area contributed by atoms with Gasteiger partial charge in [0.15, 0.2) is 0 Å². The minimum absolute atomic E-state index is 0.793. The summed E-state index contributed by atoms with van der Waals surface area (Å²) in [5.74, 6) is 1.59. The Hall–Kier alpha value is -1.18. The smallest absolute Gasteiger partial charge is 0.0370 e. The van der Waals surface area contributed by atoms with E-state index >= 15 is 0 Å². The average Bonchev–Trinajstić information content (AvgIpc) is 2.20. The number of hydrogen-bond donors (Lipinski definition) is 1. The fourth-order valence-corrected chi connectivity index (χ4v) is 2.73. The fourth-order valence-electron chi connectivity index (χ4n) is 2.73. The van der Waals surface area contributed by atoms with Gasteiger partial charge in [0.1, 0.15) is 0 Å². The Kier molecular flexibility index (Phi) is 3.08. The Bertz CT molecular complexity index is 363. The lowest BCUT2D eigenvalue weighted by atomic mass is 9.91. The van der Waals surface area contributed by atoms with Crippen molar-refractivity contribution in [2.75, 3.05) is 23.7 Å². The van der Waals surface area contributed by atoms with Crippen LogP contribution < -0.4 is 10.6 Å². The topological polar surface area (TPSA) is 29.3 Å². The molecule has 1 fully saturated rings. The summed E-state index contributed by atoms with van der Waals surface area (Å²) in [6.45, 7) is 9.11. The number of nitrogens with zero attached hydrogens (tertiary/aromatic N) is 1. The molecule has 1 aliphatic heterocycles. The van der Waals surface area contributed by atoms with Crippen LogP contribution in [0.15, 0.2) is 18.2 Å². The lowest BCUT2D eigenvalue weighted by Crippen LogP contribution is -2.38. The third-order valence-corrected chi connectivity index (χ3v) is 3.49. The van der Waals surface area contributed by atoms with Gasteiger partial charge in [0.05, 0.1) is 0 Å². The zero-order valence-electron chi connectivity index (χ0n) is 10.5. The van der Waals surface area contributed by atoms with Gasteiger partial charge in [0.2, 0.25) is 0 Å². The summed E-state index contributed by atoms with van der Waals surface area (Å²) >= 11 is 0. The molecule has 1 saturated heterocycles. The molecule has 0 spiro atoms. The monoisotopic (exact) mass is 218 g/mol. The van der Waals surface area contributed by atoms with E-state index in [0.29, 0.717) is 0 Å². The minimum atomic E-state index is 0.793. The van der Waals surface area contributed by atoms with E-state index in [2.05, 4.69) is 37.8 Å². The lowest BCUT2D eigenvalue weighted by molar-refractivity contribution is 0.357. The number of benzene rings is 1. The summed E-state index contributed by atoms with van der Waals surface area (Å²) in [6, 6.07) is 6.38. The zero-order valence-corrected chi connectivity index (χ0v) is 10.5. The molecule has 1 aliphatic rings. The Morgan fingerprint density at radius 1 is 1.19 bits per heavy atom. The van der Waals surface area contributed by atoms with E-state index in [1.165, 1.54) is 30.8 Å². The van der Waals surface area contributed by atoms with Crippen LogP contribution in [-0.4, -0.2) is 13.1 Å². The second-order valence-corrected chi connectivity index (χ2v) is 5.39. The first-order valence-electron chi connectivity index (χ1n) is 6.17. The highest BCUT2D eigenvalue weighted by molar-refractivity contribution is 5.58. The third-order valence-electron chi connectivity index (χ3n) is 3.49. The van der Waals surface area contributed by atoms with E-state index in [4.69, 9.17) is 5.73 Å². The Balaban J connectivity index is 2.19. The molecule has 0 amide bonds. The standard InChI is InChI=1S/C14H22N2/c1-10-6-11(2)9-16(8-10)13-4-5-14(15)12(3)7-13/h4-5,7,10-11H,6,8-9,15H2,1-3H3/t10-,11-/m0/s1. The molecule has 0 saturated carbocycles. The molecule has 0 unspecified atom stereocenters. The highest BCUT2D eigenvalue weighted by Gasteiger charge is 2.21. The lowest BCUT2D eigenvalue weighted by Gasteiger charge is -2.36. The molecule has 2 N–H and O–H groups in total. The average molecular weight is 218 g/mol. The molecule has 2 heteroatoms. The van der Waals surface area contributed by atoms with Crippen molar-refractivity contribution in [3.05, 3.63) is 23.8 Å². The number of piperidine rings is 1. The van der Waals surface area contributed by atoms with Gasteiger partial charge in [-0.05, 0) is 48.9 Å². The van der Waals surface area contributed by atoms with Gasteiger partial charge in [0, 0.05) is 24.5 Å². The van der Waals surface area contributed by atoms with E-state index < -0.39 is 0 Å². The second-order valence-electron chi connectivity index (χ2n) is 5.39. The van der Waals surface area contributed by atoms with Crippen LogP contribution in [-0.2, 0) is 0 Å². The van der Waals surface area contributed by atoms with Crippen LogP contribution in [0.5, 0.6) is 0 Å². The molecule has 1 heterocycles. The van der Waals surface area contributed by atoms with Gasteiger partial charge in [-0.1, -0.05) is 13.8 Å². The second kappa shape index (κ2) is 4.36. The van der Waals surface area contributed by atoms with Crippen molar-refractivity contribution in [1.29, 1.82) is 0 Å². The van der Waals surface area contributed by atoms with Crippen molar-refractivity contribution in [2.24, 2.45) is 11.8 Å². The van der Waals surface area contributed by atoms with Crippen molar-refractivity contribution >= 4 is 11.4 Å². The Morgan fingerprint density at radius 3 is 2.38 bits per heavy atom. The first kappa shape index (κ1) is 11.3. The summed E-state index contributed by atoms with van der Waals surface area (Å²) in [5.41, 5.74) is 9.25. The molecule has 0 bridgehead atoms. The van der Waals surface area contributed by atoms with Gasteiger partial charge < -0.3 is 10.6 Å². The molecule has 2 atom stereocenters. The molecule has 2 nitrogen and oxygen atoms in total. The Labute approximate surface area is 98.4 Å². The molecule has 2 rings (SSSR count). The third kappa shape index (κ3) is 2.31. The van der Waals surface area contributed by atoms with Gasteiger partial charge in [-0.3, -0.25) is 0 Å². The zero-order chi connectivity index (χ0) is 11.7. The van der Waals surface area contributed by atoms with E-state index in [-0.39, 0.29) is 0 Å². The number of nitrogen functional groups attached to an aromatic ring is 1. The van der Waals surface area contributed by atoms with Crippen LogP contribution >= 0.6 is 0 Å². The van der Waals surface area contributed by atoms with Crippen LogP contribution in [0.1, 0.15) is 25.8 Å².